The van der Waals surface area contributed by atoms with Crippen molar-refractivity contribution in [2.75, 3.05) is 0 Å². The topological polar surface area (TPSA) is 104 Å². The van der Waals surface area contributed by atoms with Crippen LogP contribution >= 0.6 is 0 Å². The third kappa shape index (κ3) is 3.25. The second-order valence-corrected chi connectivity index (χ2v) is 7.12. The first kappa shape index (κ1) is 15.6. The number of nitro groups is 1. The number of hydrogen-bond acceptors (Lipinski definition) is 6. The van der Waals surface area contributed by atoms with Gasteiger partial charge in [0.05, 0.1) is 11.0 Å². The van der Waals surface area contributed by atoms with Crippen molar-refractivity contribution in [3.05, 3.63) is 52.5 Å². The van der Waals surface area contributed by atoms with Crippen molar-refractivity contribution in [2.24, 2.45) is 0 Å². The molecule has 0 unspecified atom stereocenters. The van der Waals surface area contributed by atoms with Crippen LogP contribution in [-0.4, -0.2) is 29.0 Å². The normalized spacial score (nSPS) is 20.9. The molecule has 1 fully saturated rings. The van der Waals surface area contributed by atoms with E-state index >= 15 is 0 Å². The number of aryl methyl sites for hydroxylation is 1. The van der Waals surface area contributed by atoms with Gasteiger partial charge in [0.1, 0.15) is 6.20 Å². The molecule has 1 aromatic carbocycles. The lowest BCUT2D eigenvalue weighted by Crippen LogP contribution is -2.34. The number of nitrogens with zero attached hydrogens (tertiary/aromatic N) is 3. The molecular weight excluding hydrogens is 322 g/mol. The monoisotopic (exact) mass is 337 g/mol. The summed E-state index contributed by atoms with van der Waals surface area (Å²) in [6, 6.07) is 6.42. The number of aromatic nitrogens is 2. The second-order valence-electron chi connectivity index (χ2n) is 5.55. The van der Waals surface area contributed by atoms with E-state index < -0.39 is 21.1 Å². The van der Waals surface area contributed by atoms with Crippen molar-refractivity contribution in [3.63, 3.8) is 0 Å². The molecule has 8 nitrogen and oxygen atoms in total. The summed E-state index contributed by atoms with van der Waals surface area (Å²) in [5.41, 5.74) is 0.967. The lowest BCUT2D eigenvalue weighted by Gasteiger charge is -2.34. The quantitative estimate of drug-likeness (QED) is 0.470. The maximum atomic E-state index is 12.2. The van der Waals surface area contributed by atoms with E-state index in [9.17, 15) is 18.5 Å². The van der Waals surface area contributed by atoms with E-state index in [2.05, 4.69) is 4.98 Å². The molecule has 0 spiro atoms. The van der Waals surface area contributed by atoms with Crippen molar-refractivity contribution < 1.29 is 17.5 Å². The summed E-state index contributed by atoms with van der Waals surface area (Å²) in [7, 11) is -3.78. The average Bonchev–Trinajstić information content (AvgIpc) is 2.92. The first-order valence-corrected chi connectivity index (χ1v) is 8.44. The summed E-state index contributed by atoms with van der Waals surface area (Å²) in [4.78, 5) is 13.8. The Hall–Kier alpha value is -2.26. The van der Waals surface area contributed by atoms with Crippen LogP contribution in [0.4, 0.5) is 5.82 Å². The minimum Gasteiger partial charge on any atom is -0.358 e. The molecule has 0 saturated heterocycles. The second kappa shape index (κ2) is 5.74. The maximum absolute atomic E-state index is 12.2. The van der Waals surface area contributed by atoms with E-state index in [0.29, 0.717) is 12.8 Å². The van der Waals surface area contributed by atoms with Gasteiger partial charge in [0.2, 0.25) is 6.33 Å². The van der Waals surface area contributed by atoms with E-state index in [1.54, 1.807) is 16.7 Å². The standard InChI is InChI=1S/C14H15N3O5S/c1-10-2-4-13(5-3-10)23(20,21)22-12-6-11(7-12)16-8-14(15-9-16)17(18)19/h2-5,8-9,11-12H,6-7H2,1H3. The number of rotatable bonds is 5. The van der Waals surface area contributed by atoms with Gasteiger partial charge in [0, 0.05) is 6.04 Å². The van der Waals surface area contributed by atoms with E-state index in [1.807, 2.05) is 6.92 Å². The van der Waals surface area contributed by atoms with Crippen molar-refractivity contribution >= 4 is 15.9 Å². The Morgan fingerprint density at radius 2 is 1.96 bits per heavy atom. The summed E-state index contributed by atoms with van der Waals surface area (Å²) in [5, 5.41) is 10.6. The Morgan fingerprint density at radius 1 is 1.30 bits per heavy atom. The van der Waals surface area contributed by atoms with Gasteiger partial charge in [0.25, 0.3) is 10.1 Å². The zero-order chi connectivity index (χ0) is 16.6. The Balaban J connectivity index is 1.61. The van der Waals surface area contributed by atoms with Gasteiger partial charge in [-0.05, 0) is 41.8 Å². The smallest absolute Gasteiger partial charge is 0.358 e. The Morgan fingerprint density at radius 3 is 2.52 bits per heavy atom. The van der Waals surface area contributed by atoms with Crippen molar-refractivity contribution in [3.8, 4) is 0 Å². The molecule has 0 atom stereocenters. The largest absolute Gasteiger partial charge is 0.381 e. The van der Waals surface area contributed by atoms with Crippen LogP contribution in [0.5, 0.6) is 0 Å². The maximum Gasteiger partial charge on any atom is 0.381 e. The highest BCUT2D eigenvalue weighted by atomic mass is 32.2. The molecule has 0 aliphatic heterocycles. The van der Waals surface area contributed by atoms with E-state index in [4.69, 9.17) is 4.18 Å². The Bertz CT molecular complexity index is 822. The van der Waals surface area contributed by atoms with Gasteiger partial charge in [-0.25, -0.2) is 0 Å². The zero-order valence-corrected chi connectivity index (χ0v) is 13.1. The van der Waals surface area contributed by atoms with Gasteiger partial charge in [-0.3, -0.25) is 4.18 Å². The molecule has 23 heavy (non-hydrogen) atoms. The summed E-state index contributed by atoms with van der Waals surface area (Å²) in [6.45, 7) is 1.87. The van der Waals surface area contributed by atoms with E-state index in [1.165, 1.54) is 24.7 Å². The van der Waals surface area contributed by atoms with Gasteiger partial charge in [0.15, 0.2) is 0 Å². The first-order chi connectivity index (χ1) is 10.8. The first-order valence-electron chi connectivity index (χ1n) is 7.03. The number of imidazole rings is 1. The van der Waals surface area contributed by atoms with Crippen LogP contribution < -0.4 is 0 Å². The third-order valence-corrected chi connectivity index (χ3v) is 5.21. The molecule has 1 saturated carbocycles. The SMILES string of the molecule is Cc1ccc(S(=O)(=O)OC2CC(n3cnc([N+](=O)[O-])c3)C2)cc1. The molecule has 3 rings (SSSR count). The molecule has 9 heteroatoms. The molecule has 2 aromatic rings. The number of hydrogen-bond donors (Lipinski definition) is 0. The van der Waals surface area contributed by atoms with E-state index in [0.717, 1.165) is 5.56 Å². The Labute approximate surface area is 133 Å². The summed E-state index contributed by atoms with van der Waals surface area (Å²) >= 11 is 0. The van der Waals surface area contributed by atoms with Crippen LogP contribution in [0.2, 0.25) is 0 Å². The lowest BCUT2D eigenvalue weighted by atomic mass is 9.89. The van der Waals surface area contributed by atoms with Crippen LogP contribution in [0.15, 0.2) is 41.7 Å². The van der Waals surface area contributed by atoms with Crippen LogP contribution in [0.1, 0.15) is 24.4 Å². The Kier molecular flexibility index (Phi) is 3.90. The molecule has 1 aromatic heterocycles. The molecule has 0 bridgehead atoms. The molecule has 1 aliphatic carbocycles. The predicted octanol–water partition coefficient (Wildman–Crippen LogP) is 2.21. The van der Waals surface area contributed by atoms with Gasteiger partial charge in [-0.1, -0.05) is 17.7 Å². The van der Waals surface area contributed by atoms with Gasteiger partial charge >= 0.3 is 5.82 Å². The van der Waals surface area contributed by atoms with Crippen LogP contribution in [0.3, 0.4) is 0 Å². The zero-order valence-electron chi connectivity index (χ0n) is 12.3. The molecule has 0 amide bonds. The van der Waals surface area contributed by atoms with E-state index in [-0.39, 0.29) is 16.8 Å². The van der Waals surface area contributed by atoms with Crippen LogP contribution in [0, 0.1) is 17.0 Å². The average molecular weight is 337 g/mol. The lowest BCUT2D eigenvalue weighted by molar-refractivity contribution is -0.389. The molecule has 0 N–H and O–H groups in total. The summed E-state index contributed by atoms with van der Waals surface area (Å²) < 4.78 is 31.1. The number of benzene rings is 1. The summed E-state index contributed by atoms with van der Waals surface area (Å²) in [6.07, 6.45) is 3.24. The minimum atomic E-state index is -3.78. The van der Waals surface area contributed by atoms with Crippen LogP contribution in [-0.2, 0) is 14.3 Å². The molecule has 122 valence electrons. The van der Waals surface area contributed by atoms with Crippen molar-refractivity contribution in [1.82, 2.24) is 9.55 Å². The molecular formula is C14H15N3O5S. The molecule has 0 radical (unpaired) electrons. The van der Waals surface area contributed by atoms with Gasteiger partial charge in [-0.2, -0.15) is 8.42 Å². The van der Waals surface area contributed by atoms with Crippen LogP contribution in [0.25, 0.3) is 0 Å². The highest BCUT2D eigenvalue weighted by Gasteiger charge is 2.36. The third-order valence-electron chi connectivity index (χ3n) is 3.84. The minimum absolute atomic E-state index is 0.0329. The fraction of sp³-hybridized carbons (Fsp3) is 0.357. The predicted molar refractivity (Wildman–Crippen MR) is 80.4 cm³/mol. The summed E-state index contributed by atoms with van der Waals surface area (Å²) in [5.74, 6) is -0.221. The molecule has 1 heterocycles. The van der Waals surface area contributed by atoms with Gasteiger partial charge in [-0.15, -0.1) is 0 Å². The van der Waals surface area contributed by atoms with Crippen molar-refractivity contribution in [1.29, 1.82) is 0 Å². The fourth-order valence-electron chi connectivity index (χ4n) is 2.42. The fourth-order valence-corrected chi connectivity index (χ4v) is 3.52. The molecule has 1 aliphatic rings. The highest BCUT2D eigenvalue weighted by Crippen LogP contribution is 2.36. The highest BCUT2D eigenvalue weighted by molar-refractivity contribution is 7.86. The van der Waals surface area contributed by atoms with Gasteiger partial charge < -0.3 is 14.7 Å². The van der Waals surface area contributed by atoms with Crippen molar-refractivity contribution in [2.45, 2.75) is 36.8 Å².